The van der Waals surface area contributed by atoms with Gasteiger partial charge in [-0.25, -0.2) is 4.98 Å². The number of benzene rings is 1. The van der Waals surface area contributed by atoms with Crippen LogP contribution < -0.4 is 0 Å². The molecule has 4 aromatic rings. The molecule has 3 heterocycles. The van der Waals surface area contributed by atoms with Crippen molar-refractivity contribution in [3.05, 3.63) is 82.4 Å². The van der Waals surface area contributed by atoms with E-state index in [-0.39, 0.29) is 0 Å². The van der Waals surface area contributed by atoms with Crippen molar-refractivity contribution in [2.24, 2.45) is 0 Å². The van der Waals surface area contributed by atoms with Crippen molar-refractivity contribution in [2.45, 2.75) is 27.3 Å². The molecule has 0 saturated carbocycles. The van der Waals surface area contributed by atoms with Gasteiger partial charge in [-0.3, -0.25) is 4.98 Å². The van der Waals surface area contributed by atoms with Crippen LogP contribution in [-0.2, 0) is 6.54 Å². The highest BCUT2D eigenvalue weighted by molar-refractivity contribution is 6.30. The third kappa shape index (κ3) is 2.89. The highest BCUT2D eigenvalue weighted by atomic mass is 35.5. The van der Waals surface area contributed by atoms with E-state index >= 15 is 0 Å². The molecule has 0 bridgehead atoms. The lowest BCUT2D eigenvalue weighted by Crippen LogP contribution is -2.03. The van der Waals surface area contributed by atoms with E-state index in [4.69, 9.17) is 16.6 Å². The summed E-state index contributed by atoms with van der Waals surface area (Å²) in [5.74, 6) is 0. The highest BCUT2D eigenvalue weighted by Crippen LogP contribution is 2.35. The summed E-state index contributed by atoms with van der Waals surface area (Å²) in [4.78, 5) is 8.99. The molecule has 1 aromatic carbocycles. The van der Waals surface area contributed by atoms with E-state index < -0.39 is 0 Å². The summed E-state index contributed by atoms with van der Waals surface area (Å²) in [6, 6.07) is 14.3. The molecule has 0 atom stereocenters. The predicted octanol–water partition coefficient (Wildman–Crippen LogP) is 5.73. The molecule has 3 aromatic heterocycles. The molecule has 0 aliphatic rings. The number of rotatable bonds is 3. The van der Waals surface area contributed by atoms with Crippen LogP contribution in [0, 0.1) is 20.8 Å². The first kappa shape index (κ1) is 16.8. The van der Waals surface area contributed by atoms with Crippen molar-refractivity contribution in [3.8, 4) is 11.1 Å². The standard InChI is InChI=1S/C22H20ClN3/c1-14-12-20(18-4-6-19(23)7-5-18)21-15(2)16(3)26(22(21)25-14)13-17-8-10-24-11-9-17/h4-12H,13H2,1-3H3. The van der Waals surface area contributed by atoms with Crippen molar-refractivity contribution in [1.29, 1.82) is 0 Å². The Bertz CT molecular complexity index is 1080. The van der Waals surface area contributed by atoms with Crippen LogP contribution in [0.3, 0.4) is 0 Å². The van der Waals surface area contributed by atoms with E-state index in [1.807, 2.05) is 31.5 Å². The van der Waals surface area contributed by atoms with Gasteiger partial charge in [-0.15, -0.1) is 0 Å². The van der Waals surface area contributed by atoms with Gasteiger partial charge in [0.25, 0.3) is 0 Å². The van der Waals surface area contributed by atoms with Gasteiger partial charge in [-0.1, -0.05) is 23.7 Å². The number of fused-ring (bicyclic) bond motifs is 1. The SMILES string of the molecule is Cc1cc(-c2ccc(Cl)cc2)c2c(C)c(C)n(Cc3ccncc3)c2n1. The van der Waals surface area contributed by atoms with E-state index in [1.54, 1.807) is 0 Å². The van der Waals surface area contributed by atoms with Crippen molar-refractivity contribution in [1.82, 2.24) is 14.5 Å². The fourth-order valence-corrected chi connectivity index (χ4v) is 3.61. The normalized spacial score (nSPS) is 11.2. The molecule has 4 heteroatoms. The van der Waals surface area contributed by atoms with Gasteiger partial charge in [-0.2, -0.15) is 0 Å². The summed E-state index contributed by atoms with van der Waals surface area (Å²) in [5.41, 5.74) is 8.14. The van der Waals surface area contributed by atoms with Crippen LogP contribution in [0.4, 0.5) is 0 Å². The molecule has 0 spiro atoms. The maximum atomic E-state index is 6.08. The molecular formula is C22H20ClN3. The highest BCUT2D eigenvalue weighted by Gasteiger charge is 2.17. The molecule has 130 valence electrons. The molecule has 0 fully saturated rings. The summed E-state index contributed by atoms with van der Waals surface area (Å²) in [7, 11) is 0. The van der Waals surface area contributed by atoms with Crippen LogP contribution in [-0.4, -0.2) is 14.5 Å². The number of halogens is 1. The average molecular weight is 362 g/mol. The first-order valence-electron chi connectivity index (χ1n) is 8.66. The zero-order valence-corrected chi connectivity index (χ0v) is 15.9. The minimum atomic E-state index is 0.749. The van der Waals surface area contributed by atoms with E-state index in [2.05, 4.69) is 53.7 Å². The lowest BCUT2D eigenvalue weighted by molar-refractivity contribution is 0.788. The summed E-state index contributed by atoms with van der Waals surface area (Å²) >= 11 is 6.08. The van der Waals surface area contributed by atoms with E-state index in [0.717, 1.165) is 28.5 Å². The number of aryl methyl sites for hydroxylation is 2. The van der Waals surface area contributed by atoms with Gasteiger partial charge in [0.05, 0.1) is 0 Å². The maximum absolute atomic E-state index is 6.08. The molecule has 0 unspecified atom stereocenters. The maximum Gasteiger partial charge on any atom is 0.141 e. The van der Waals surface area contributed by atoms with Gasteiger partial charge in [0.1, 0.15) is 5.65 Å². The van der Waals surface area contributed by atoms with Crippen LogP contribution in [0.15, 0.2) is 54.9 Å². The van der Waals surface area contributed by atoms with E-state index in [9.17, 15) is 0 Å². The van der Waals surface area contributed by atoms with Gasteiger partial charge in [0.15, 0.2) is 0 Å². The number of nitrogens with zero attached hydrogens (tertiary/aromatic N) is 3. The predicted molar refractivity (Wildman–Crippen MR) is 108 cm³/mol. The second-order valence-electron chi connectivity index (χ2n) is 6.67. The quantitative estimate of drug-likeness (QED) is 0.467. The van der Waals surface area contributed by atoms with Gasteiger partial charge >= 0.3 is 0 Å². The van der Waals surface area contributed by atoms with Gasteiger partial charge < -0.3 is 4.57 Å². The van der Waals surface area contributed by atoms with Gasteiger partial charge in [0, 0.05) is 40.7 Å². The molecule has 0 N–H and O–H groups in total. The molecule has 0 amide bonds. The van der Waals surface area contributed by atoms with Crippen LogP contribution in [0.5, 0.6) is 0 Å². The fourth-order valence-electron chi connectivity index (χ4n) is 3.49. The van der Waals surface area contributed by atoms with Crippen LogP contribution in [0.2, 0.25) is 5.02 Å². The van der Waals surface area contributed by atoms with Crippen molar-refractivity contribution < 1.29 is 0 Å². The molecule has 4 rings (SSSR count). The van der Waals surface area contributed by atoms with E-state index in [1.165, 1.54) is 27.8 Å². The smallest absolute Gasteiger partial charge is 0.141 e. The average Bonchev–Trinajstić information content (AvgIpc) is 2.87. The van der Waals surface area contributed by atoms with Crippen LogP contribution in [0.1, 0.15) is 22.5 Å². The molecule has 3 nitrogen and oxygen atoms in total. The minimum Gasteiger partial charge on any atom is -0.325 e. The number of hydrogen-bond acceptors (Lipinski definition) is 2. The number of aromatic nitrogens is 3. The Morgan fingerprint density at radius 1 is 0.962 bits per heavy atom. The number of hydrogen-bond donors (Lipinski definition) is 0. The number of pyridine rings is 2. The van der Waals surface area contributed by atoms with E-state index in [0.29, 0.717) is 0 Å². The zero-order chi connectivity index (χ0) is 18.3. The van der Waals surface area contributed by atoms with Gasteiger partial charge in [0.2, 0.25) is 0 Å². The largest absolute Gasteiger partial charge is 0.325 e. The summed E-state index contributed by atoms with van der Waals surface area (Å²) in [6.07, 6.45) is 3.67. The Labute approximate surface area is 158 Å². The third-order valence-corrected chi connectivity index (χ3v) is 5.20. The third-order valence-electron chi connectivity index (χ3n) is 4.95. The van der Waals surface area contributed by atoms with Crippen LogP contribution in [0.25, 0.3) is 22.2 Å². The molecule has 0 aliphatic carbocycles. The molecule has 0 saturated heterocycles. The second kappa shape index (κ2) is 6.58. The Morgan fingerprint density at radius 2 is 1.65 bits per heavy atom. The Morgan fingerprint density at radius 3 is 2.35 bits per heavy atom. The topological polar surface area (TPSA) is 30.7 Å². The molecular weight excluding hydrogens is 342 g/mol. The van der Waals surface area contributed by atoms with Crippen LogP contribution >= 0.6 is 11.6 Å². The molecule has 0 aliphatic heterocycles. The zero-order valence-electron chi connectivity index (χ0n) is 15.1. The molecule has 26 heavy (non-hydrogen) atoms. The second-order valence-corrected chi connectivity index (χ2v) is 7.11. The summed E-state index contributed by atoms with van der Waals surface area (Å²) < 4.78 is 2.30. The Kier molecular flexibility index (Phi) is 4.25. The monoisotopic (exact) mass is 361 g/mol. The van der Waals surface area contributed by atoms with Crippen molar-refractivity contribution >= 4 is 22.6 Å². The lowest BCUT2D eigenvalue weighted by atomic mass is 10.00. The van der Waals surface area contributed by atoms with Crippen molar-refractivity contribution in [2.75, 3.05) is 0 Å². The molecule has 0 radical (unpaired) electrons. The Balaban J connectivity index is 1.96. The summed E-state index contributed by atoms with van der Waals surface area (Å²) in [6.45, 7) is 7.18. The fraction of sp³-hybridized carbons (Fsp3) is 0.182. The summed E-state index contributed by atoms with van der Waals surface area (Å²) in [5, 5.41) is 1.96. The lowest BCUT2D eigenvalue weighted by Gasteiger charge is -2.10. The first-order chi connectivity index (χ1) is 12.5. The van der Waals surface area contributed by atoms with Crippen molar-refractivity contribution in [3.63, 3.8) is 0 Å². The first-order valence-corrected chi connectivity index (χ1v) is 9.04. The Hall–Kier alpha value is -2.65. The minimum absolute atomic E-state index is 0.749. The van der Waals surface area contributed by atoms with Gasteiger partial charge in [-0.05, 0) is 73.4 Å².